The monoisotopic (exact) mass is 366 g/mol. The molecule has 1 aromatic heterocycles. The van der Waals surface area contributed by atoms with Gasteiger partial charge in [0.15, 0.2) is 0 Å². The number of amides is 1. The van der Waals surface area contributed by atoms with Gasteiger partial charge in [-0.3, -0.25) is 4.79 Å². The van der Waals surface area contributed by atoms with Crippen LogP contribution < -0.4 is 9.64 Å². The van der Waals surface area contributed by atoms with Crippen molar-refractivity contribution in [3.8, 4) is 5.75 Å². The van der Waals surface area contributed by atoms with Crippen LogP contribution in [0.25, 0.3) is 0 Å². The Balaban J connectivity index is 1.62. The molecule has 6 nitrogen and oxygen atoms in total. The highest BCUT2D eigenvalue weighted by Gasteiger charge is 2.28. The van der Waals surface area contributed by atoms with Crippen molar-refractivity contribution < 1.29 is 9.53 Å². The Labute approximate surface area is 160 Å². The predicted octanol–water partition coefficient (Wildman–Crippen LogP) is 2.98. The highest BCUT2D eigenvalue weighted by molar-refractivity contribution is 5.94. The molecule has 2 aromatic rings. The Bertz CT molecular complexity index is 846. The molecule has 0 N–H and O–H groups in total. The summed E-state index contributed by atoms with van der Waals surface area (Å²) < 4.78 is 5.26. The summed E-state index contributed by atoms with van der Waals surface area (Å²) in [5, 5.41) is 0. The van der Waals surface area contributed by atoms with Crippen LogP contribution >= 0.6 is 0 Å². The quantitative estimate of drug-likeness (QED) is 0.836. The first kappa shape index (κ1) is 17.8. The van der Waals surface area contributed by atoms with E-state index in [4.69, 9.17) is 9.72 Å². The average molecular weight is 366 g/mol. The van der Waals surface area contributed by atoms with E-state index in [-0.39, 0.29) is 5.91 Å². The molecule has 0 spiro atoms. The molecule has 6 heteroatoms. The molecule has 27 heavy (non-hydrogen) atoms. The number of carbonyl (C=O) groups is 1. The number of rotatable bonds is 3. The van der Waals surface area contributed by atoms with Crippen molar-refractivity contribution in [2.24, 2.45) is 0 Å². The van der Waals surface area contributed by atoms with Gasteiger partial charge in [0.1, 0.15) is 17.4 Å². The summed E-state index contributed by atoms with van der Waals surface area (Å²) >= 11 is 0. The van der Waals surface area contributed by atoms with E-state index in [9.17, 15) is 4.79 Å². The van der Waals surface area contributed by atoms with E-state index in [1.807, 2.05) is 30.0 Å². The normalized spacial score (nSPS) is 16.8. The van der Waals surface area contributed by atoms with Gasteiger partial charge >= 0.3 is 0 Å². The van der Waals surface area contributed by atoms with Crippen LogP contribution in [0.3, 0.4) is 0 Å². The van der Waals surface area contributed by atoms with E-state index in [1.54, 1.807) is 13.2 Å². The van der Waals surface area contributed by atoms with Crippen molar-refractivity contribution in [1.82, 2.24) is 14.9 Å². The number of anilines is 1. The first-order chi connectivity index (χ1) is 13.2. The lowest BCUT2D eigenvalue weighted by Gasteiger charge is -2.34. The molecule has 0 aliphatic carbocycles. The Morgan fingerprint density at radius 1 is 1.11 bits per heavy atom. The standard InChI is InChI=1S/C21H26N4O2/c1-15-22-19-9-12-25(21(26)16-7-6-8-17(13-16)27-2)14-18(19)20(23-15)24-10-4-3-5-11-24/h6-8,13H,3-5,9-12,14H2,1-2H3. The van der Waals surface area contributed by atoms with Crippen LogP contribution in [-0.4, -0.2) is 47.5 Å². The summed E-state index contributed by atoms with van der Waals surface area (Å²) in [5.74, 6) is 2.58. The van der Waals surface area contributed by atoms with Gasteiger partial charge in [-0.15, -0.1) is 0 Å². The van der Waals surface area contributed by atoms with Gasteiger partial charge in [0, 0.05) is 37.2 Å². The number of aryl methyl sites for hydroxylation is 1. The van der Waals surface area contributed by atoms with E-state index in [2.05, 4.69) is 9.88 Å². The number of hydrogen-bond acceptors (Lipinski definition) is 5. The van der Waals surface area contributed by atoms with E-state index in [0.717, 1.165) is 42.4 Å². The highest BCUT2D eigenvalue weighted by Crippen LogP contribution is 2.29. The molecular formula is C21H26N4O2. The van der Waals surface area contributed by atoms with Crippen molar-refractivity contribution in [2.75, 3.05) is 31.6 Å². The molecule has 1 aromatic carbocycles. The fraction of sp³-hybridized carbons (Fsp3) is 0.476. The number of hydrogen-bond donors (Lipinski definition) is 0. The summed E-state index contributed by atoms with van der Waals surface area (Å²) in [5.41, 5.74) is 2.87. The summed E-state index contributed by atoms with van der Waals surface area (Å²) in [6.45, 7) is 5.28. The summed E-state index contributed by atoms with van der Waals surface area (Å²) in [4.78, 5) is 26.8. The molecule has 0 atom stereocenters. The van der Waals surface area contributed by atoms with E-state index >= 15 is 0 Å². The molecule has 1 amide bonds. The van der Waals surface area contributed by atoms with Crippen LogP contribution in [-0.2, 0) is 13.0 Å². The van der Waals surface area contributed by atoms with Crippen molar-refractivity contribution >= 4 is 11.7 Å². The molecule has 0 radical (unpaired) electrons. The van der Waals surface area contributed by atoms with E-state index in [1.165, 1.54) is 19.3 Å². The predicted molar refractivity (Wildman–Crippen MR) is 104 cm³/mol. The minimum absolute atomic E-state index is 0.0321. The maximum Gasteiger partial charge on any atom is 0.254 e. The molecule has 0 unspecified atom stereocenters. The first-order valence-corrected chi connectivity index (χ1v) is 9.70. The van der Waals surface area contributed by atoms with Crippen LogP contribution in [0.1, 0.15) is 46.7 Å². The average Bonchev–Trinajstić information content (AvgIpc) is 2.73. The van der Waals surface area contributed by atoms with E-state index < -0.39 is 0 Å². The SMILES string of the molecule is COc1cccc(C(=O)N2CCc3nc(C)nc(N4CCCCC4)c3C2)c1. The third-order valence-electron chi connectivity index (χ3n) is 5.41. The summed E-state index contributed by atoms with van der Waals surface area (Å²) in [6, 6.07) is 7.36. The number of aromatic nitrogens is 2. The number of fused-ring (bicyclic) bond motifs is 1. The molecule has 4 rings (SSSR count). The molecule has 1 saturated heterocycles. The Hall–Kier alpha value is -2.63. The number of nitrogens with zero attached hydrogens (tertiary/aromatic N) is 4. The zero-order valence-electron chi connectivity index (χ0n) is 16.1. The molecule has 1 fully saturated rings. The highest BCUT2D eigenvalue weighted by atomic mass is 16.5. The third kappa shape index (κ3) is 3.61. The molecule has 2 aliphatic heterocycles. The zero-order chi connectivity index (χ0) is 18.8. The van der Waals surface area contributed by atoms with Gasteiger partial charge in [-0.2, -0.15) is 0 Å². The fourth-order valence-corrected chi connectivity index (χ4v) is 4.00. The van der Waals surface area contributed by atoms with Gasteiger partial charge in [0.2, 0.25) is 0 Å². The second kappa shape index (κ2) is 7.55. The minimum atomic E-state index is 0.0321. The van der Waals surface area contributed by atoms with Crippen molar-refractivity contribution in [3.05, 3.63) is 46.9 Å². The third-order valence-corrected chi connectivity index (χ3v) is 5.41. The topological polar surface area (TPSA) is 58.6 Å². The number of carbonyl (C=O) groups excluding carboxylic acids is 1. The van der Waals surface area contributed by atoms with Crippen molar-refractivity contribution in [1.29, 1.82) is 0 Å². The van der Waals surface area contributed by atoms with Crippen LogP contribution in [0.4, 0.5) is 5.82 Å². The van der Waals surface area contributed by atoms with Crippen LogP contribution in [0.2, 0.25) is 0 Å². The second-order valence-corrected chi connectivity index (χ2v) is 7.28. The maximum atomic E-state index is 13.0. The largest absolute Gasteiger partial charge is 0.497 e. The van der Waals surface area contributed by atoms with Crippen LogP contribution in [0.5, 0.6) is 5.75 Å². The summed E-state index contributed by atoms with van der Waals surface area (Å²) in [7, 11) is 1.62. The molecular weight excluding hydrogens is 340 g/mol. The molecule has 0 saturated carbocycles. The van der Waals surface area contributed by atoms with Crippen molar-refractivity contribution in [2.45, 2.75) is 39.2 Å². The smallest absolute Gasteiger partial charge is 0.254 e. The summed E-state index contributed by atoms with van der Waals surface area (Å²) in [6.07, 6.45) is 4.45. The number of ether oxygens (including phenoxy) is 1. The van der Waals surface area contributed by atoms with Gasteiger partial charge < -0.3 is 14.5 Å². The maximum absolute atomic E-state index is 13.0. The van der Waals surface area contributed by atoms with Crippen LogP contribution in [0.15, 0.2) is 24.3 Å². The fourth-order valence-electron chi connectivity index (χ4n) is 4.00. The zero-order valence-corrected chi connectivity index (χ0v) is 16.1. The lowest BCUT2D eigenvalue weighted by Crippen LogP contribution is -2.39. The minimum Gasteiger partial charge on any atom is -0.497 e. The number of piperidine rings is 1. The van der Waals surface area contributed by atoms with Gasteiger partial charge in [-0.1, -0.05) is 6.07 Å². The number of benzene rings is 1. The van der Waals surface area contributed by atoms with Gasteiger partial charge in [0.25, 0.3) is 5.91 Å². The van der Waals surface area contributed by atoms with Crippen molar-refractivity contribution in [3.63, 3.8) is 0 Å². The molecule has 3 heterocycles. The first-order valence-electron chi connectivity index (χ1n) is 9.70. The Kier molecular flexibility index (Phi) is 4.97. The molecule has 0 bridgehead atoms. The lowest BCUT2D eigenvalue weighted by molar-refractivity contribution is 0.0733. The van der Waals surface area contributed by atoms with Gasteiger partial charge in [-0.05, 0) is 44.4 Å². The lowest BCUT2D eigenvalue weighted by atomic mass is 10.0. The molecule has 142 valence electrons. The van der Waals surface area contributed by atoms with Crippen LogP contribution in [0, 0.1) is 6.92 Å². The second-order valence-electron chi connectivity index (χ2n) is 7.28. The Morgan fingerprint density at radius 3 is 2.70 bits per heavy atom. The van der Waals surface area contributed by atoms with E-state index in [0.29, 0.717) is 24.4 Å². The molecule has 2 aliphatic rings. The van der Waals surface area contributed by atoms with Gasteiger partial charge in [0.05, 0.1) is 19.3 Å². The van der Waals surface area contributed by atoms with Gasteiger partial charge in [-0.25, -0.2) is 9.97 Å². The number of methoxy groups -OCH3 is 1. The Morgan fingerprint density at radius 2 is 1.93 bits per heavy atom.